The summed E-state index contributed by atoms with van der Waals surface area (Å²) in [6.45, 7) is -0.474. The van der Waals surface area contributed by atoms with Gasteiger partial charge in [0.1, 0.15) is 24.6 Å². The molecule has 3 aromatic rings. The van der Waals surface area contributed by atoms with Crippen LogP contribution in [0.1, 0.15) is 11.8 Å². The molecule has 6 N–H and O–H groups in total. The highest BCUT2D eigenvalue weighted by Gasteiger charge is 2.45. The zero-order chi connectivity index (χ0) is 22.8. The van der Waals surface area contributed by atoms with Gasteiger partial charge in [0.25, 0.3) is 0 Å². The molecule has 1 aliphatic heterocycles. The molecule has 1 saturated heterocycles. The fourth-order valence-corrected chi connectivity index (χ4v) is 3.44. The Morgan fingerprint density at radius 3 is 2.69 bits per heavy atom. The van der Waals surface area contributed by atoms with Crippen molar-refractivity contribution in [3.8, 4) is 11.5 Å². The van der Waals surface area contributed by atoms with E-state index in [2.05, 4.69) is 25.5 Å². The maximum atomic E-state index is 10.5. The highest BCUT2D eigenvalue weighted by molar-refractivity contribution is 5.85. The molecule has 13 nitrogen and oxygen atoms in total. The van der Waals surface area contributed by atoms with Gasteiger partial charge in [-0.2, -0.15) is 5.10 Å². The Morgan fingerprint density at radius 2 is 2.00 bits per heavy atom. The SMILES string of the molecule is COc1ccc(C=NNc2nc3c(N)ncnc3n2C2OC(CO)C(O)C2O)cc1OC. The molecule has 2 aromatic heterocycles. The van der Waals surface area contributed by atoms with Gasteiger partial charge in [0, 0.05) is 0 Å². The number of nitrogen functional groups attached to an aromatic ring is 1. The minimum Gasteiger partial charge on any atom is -0.493 e. The van der Waals surface area contributed by atoms with Crippen molar-refractivity contribution in [3.05, 3.63) is 30.1 Å². The third kappa shape index (κ3) is 3.78. The lowest BCUT2D eigenvalue weighted by molar-refractivity contribution is -0.0501. The summed E-state index contributed by atoms with van der Waals surface area (Å²) < 4.78 is 17.5. The summed E-state index contributed by atoms with van der Waals surface area (Å²) in [5, 5.41) is 34.3. The molecule has 170 valence electrons. The summed E-state index contributed by atoms with van der Waals surface area (Å²) >= 11 is 0. The summed E-state index contributed by atoms with van der Waals surface area (Å²) in [5.41, 5.74) is 9.93. The smallest absolute Gasteiger partial charge is 0.228 e. The number of hydrogen-bond acceptors (Lipinski definition) is 12. The molecule has 32 heavy (non-hydrogen) atoms. The van der Waals surface area contributed by atoms with E-state index in [1.807, 2.05) is 0 Å². The van der Waals surface area contributed by atoms with Gasteiger partial charge in [-0.15, -0.1) is 0 Å². The summed E-state index contributed by atoms with van der Waals surface area (Å²) in [6, 6.07) is 5.26. The number of fused-ring (bicyclic) bond motifs is 1. The van der Waals surface area contributed by atoms with Crippen molar-refractivity contribution in [2.45, 2.75) is 24.5 Å². The molecule has 1 aliphatic rings. The minimum atomic E-state index is -1.35. The zero-order valence-corrected chi connectivity index (χ0v) is 17.3. The van der Waals surface area contributed by atoms with Crippen LogP contribution in [-0.4, -0.2) is 80.2 Å². The van der Waals surface area contributed by atoms with Crippen molar-refractivity contribution in [2.24, 2.45) is 5.10 Å². The maximum absolute atomic E-state index is 10.5. The molecule has 4 atom stereocenters. The zero-order valence-electron chi connectivity index (χ0n) is 17.3. The van der Waals surface area contributed by atoms with Crippen molar-refractivity contribution in [1.29, 1.82) is 0 Å². The number of aliphatic hydroxyl groups excluding tert-OH is 3. The van der Waals surface area contributed by atoms with E-state index in [0.717, 1.165) is 0 Å². The van der Waals surface area contributed by atoms with Crippen molar-refractivity contribution in [3.63, 3.8) is 0 Å². The summed E-state index contributed by atoms with van der Waals surface area (Å²) in [5.74, 6) is 1.38. The van der Waals surface area contributed by atoms with Crippen LogP contribution >= 0.6 is 0 Å². The van der Waals surface area contributed by atoms with E-state index >= 15 is 0 Å². The Morgan fingerprint density at radius 1 is 1.22 bits per heavy atom. The van der Waals surface area contributed by atoms with Gasteiger partial charge in [0.2, 0.25) is 5.95 Å². The lowest BCUT2D eigenvalue weighted by Crippen LogP contribution is -2.33. The average molecular weight is 445 g/mol. The van der Waals surface area contributed by atoms with E-state index in [0.29, 0.717) is 17.1 Å². The van der Waals surface area contributed by atoms with Crippen molar-refractivity contribution in [2.75, 3.05) is 32.0 Å². The quantitative estimate of drug-likeness (QED) is 0.233. The number of nitrogens with one attached hydrogen (secondary N) is 1. The number of aromatic nitrogens is 4. The highest BCUT2D eigenvalue weighted by atomic mass is 16.6. The molecule has 1 aromatic carbocycles. The van der Waals surface area contributed by atoms with Crippen molar-refractivity contribution < 1.29 is 29.5 Å². The lowest BCUT2D eigenvalue weighted by Gasteiger charge is -2.18. The van der Waals surface area contributed by atoms with Gasteiger partial charge in [-0.25, -0.2) is 20.4 Å². The number of benzene rings is 1. The largest absolute Gasteiger partial charge is 0.493 e. The van der Waals surface area contributed by atoms with Crippen LogP contribution in [0.25, 0.3) is 11.2 Å². The fourth-order valence-electron chi connectivity index (χ4n) is 3.44. The van der Waals surface area contributed by atoms with Crippen LogP contribution in [0.2, 0.25) is 0 Å². The van der Waals surface area contributed by atoms with E-state index < -0.39 is 31.1 Å². The number of nitrogens with zero attached hydrogens (tertiary/aromatic N) is 5. The van der Waals surface area contributed by atoms with Gasteiger partial charge in [-0.05, 0) is 23.8 Å². The lowest BCUT2D eigenvalue weighted by atomic mass is 10.1. The van der Waals surface area contributed by atoms with Crippen LogP contribution in [0.3, 0.4) is 0 Å². The van der Waals surface area contributed by atoms with Gasteiger partial charge < -0.3 is 35.3 Å². The first-order chi connectivity index (χ1) is 15.5. The third-order valence-electron chi connectivity index (χ3n) is 5.06. The van der Waals surface area contributed by atoms with Gasteiger partial charge in [0.15, 0.2) is 34.7 Å². The van der Waals surface area contributed by atoms with E-state index in [9.17, 15) is 15.3 Å². The van der Waals surface area contributed by atoms with Gasteiger partial charge in [-0.1, -0.05) is 0 Å². The Labute approximate surface area is 182 Å². The first kappa shape index (κ1) is 21.7. The monoisotopic (exact) mass is 445 g/mol. The first-order valence-corrected chi connectivity index (χ1v) is 9.60. The number of anilines is 2. The first-order valence-electron chi connectivity index (χ1n) is 9.60. The molecule has 0 amide bonds. The standard InChI is InChI=1S/C19H23N7O6/c1-30-10-4-3-9(5-11(10)31-2)6-23-25-19-24-13-16(20)21-8-22-17(13)26(19)18-15(29)14(28)12(7-27)32-18/h3-6,8,12,14-15,18,27-29H,7H2,1-2H3,(H,24,25)(H2,20,21,22). The predicted molar refractivity (Wildman–Crippen MR) is 114 cm³/mol. The molecule has 0 radical (unpaired) electrons. The van der Waals surface area contributed by atoms with Crippen molar-refractivity contribution >= 4 is 29.1 Å². The molecule has 3 heterocycles. The second kappa shape index (κ2) is 8.92. The van der Waals surface area contributed by atoms with Crippen LogP contribution < -0.4 is 20.6 Å². The number of aliphatic hydroxyl groups is 3. The normalized spacial score (nSPS) is 23.2. The fraction of sp³-hybridized carbons (Fsp3) is 0.368. The van der Waals surface area contributed by atoms with Gasteiger partial charge in [0.05, 0.1) is 27.0 Å². The highest BCUT2D eigenvalue weighted by Crippen LogP contribution is 2.35. The third-order valence-corrected chi connectivity index (χ3v) is 5.06. The van der Waals surface area contributed by atoms with E-state index in [1.165, 1.54) is 24.2 Å². The Hall–Kier alpha value is -3.52. The minimum absolute atomic E-state index is 0.118. The molecule has 1 fully saturated rings. The summed E-state index contributed by atoms with van der Waals surface area (Å²) in [4.78, 5) is 12.5. The maximum Gasteiger partial charge on any atom is 0.228 e. The Balaban J connectivity index is 1.68. The molecule has 13 heteroatoms. The molecule has 4 unspecified atom stereocenters. The summed E-state index contributed by atoms with van der Waals surface area (Å²) in [6.07, 6.45) is -1.96. The number of imidazole rings is 1. The van der Waals surface area contributed by atoms with Crippen LogP contribution in [-0.2, 0) is 4.74 Å². The molecule has 0 aliphatic carbocycles. The number of nitrogens with two attached hydrogens (primary N) is 1. The second-order valence-electron chi connectivity index (χ2n) is 6.95. The topological polar surface area (TPSA) is 182 Å². The molecule has 0 saturated carbocycles. The molecular weight excluding hydrogens is 422 g/mol. The number of hydrogen-bond donors (Lipinski definition) is 5. The average Bonchev–Trinajstić information content (AvgIpc) is 3.31. The molecule has 0 bridgehead atoms. The van der Waals surface area contributed by atoms with E-state index in [1.54, 1.807) is 25.3 Å². The van der Waals surface area contributed by atoms with Crippen LogP contribution in [0.5, 0.6) is 11.5 Å². The Kier molecular flexibility index (Phi) is 6.05. The van der Waals surface area contributed by atoms with E-state index in [4.69, 9.17) is 19.9 Å². The number of rotatable bonds is 7. The van der Waals surface area contributed by atoms with Crippen LogP contribution in [0, 0.1) is 0 Å². The summed E-state index contributed by atoms with van der Waals surface area (Å²) in [7, 11) is 3.08. The molecule has 0 spiro atoms. The number of ether oxygens (including phenoxy) is 3. The van der Waals surface area contributed by atoms with Gasteiger partial charge >= 0.3 is 0 Å². The number of hydrazone groups is 1. The molecule has 4 rings (SSSR count). The molecular formula is C19H23N7O6. The van der Waals surface area contributed by atoms with Crippen molar-refractivity contribution in [1.82, 2.24) is 19.5 Å². The van der Waals surface area contributed by atoms with Crippen LogP contribution in [0.15, 0.2) is 29.6 Å². The predicted octanol–water partition coefficient (Wildman–Crippen LogP) is -0.517. The Bertz CT molecular complexity index is 1140. The number of methoxy groups -OCH3 is 2. The van der Waals surface area contributed by atoms with Crippen LogP contribution in [0.4, 0.5) is 11.8 Å². The van der Waals surface area contributed by atoms with E-state index in [-0.39, 0.29) is 22.9 Å². The van der Waals surface area contributed by atoms with Gasteiger partial charge in [-0.3, -0.25) is 4.57 Å². The second-order valence-corrected chi connectivity index (χ2v) is 6.95.